The van der Waals surface area contributed by atoms with Crippen molar-refractivity contribution < 1.29 is 17.6 Å². The lowest BCUT2D eigenvalue weighted by molar-refractivity contribution is 0.0954. The van der Waals surface area contributed by atoms with Gasteiger partial charge in [0, 0.05) is 24.7 Å². The van der Waals surface area contributed by atoms with Crippen molar-refractivity contribution in [2.45, 2.75) is 43.5 Å². The van der Waals surface area contributed by atoms with Crippen molar-refractivity contribution in [1.82, 2.24) is 9.62 Å². The summed E-state index contributed by atoms with van der Waals surface area (Å²) >= 11 is 0. The lowest BCUT2D eigenvalue weighted by atomic mass is 10.1. The number of amides is 1. The van der Waals surface area contributed by atoms with Crippen LogP contribution in [0.4, 0.5) is 4.39 Å². The van der Waals surface area contributed by atoms with E-state index in [9.17, 15) is 17.6 Å². The van der Waals surface area contributed by atoms with Gasteiger partial charge in [0.15, 0.2) is 0 Å². The summed E-state index contributed by atoms with van der Waals surface area (Å²) in [5.74, 6) is -0.556. The summed E-state index contributed by atoms with van der Waals surface area (Å²) in [7, 11) is -3.54. The van der Waals surface area contributed by atoms with Crippen molar-refractivity contribution in [2.24, 2.45) is 0 Å². The van der Waals surface area contributed by atoms with Gasteiger partial charge in [-0.25, -0.2) is 12.8 Å². The van der Waals surface area contributed by atoms with E-state index in [2.05, 4.69) is 5.32 Å². The van der Waals surface area contributed by atoms with Gasteiger partial charge in [0.2, 0.25) is 10.0 Å². The van der Waals surface area contributed by atoms with Crippen LogP contribution in [0, 0.1) is 5.82 Å². The number of sulfonamides is 1. The molecule has 28 heavy (non-hydrogen) atoms. The predicted octanol–water partition coefficient (Wildman–Crippen LogP) is 3.36. The van der Waals surface area contributed by atoms with E-state index in [1.165, 1.54) is 36.4 Å². The van der Waals surface area contributed by atoms with Gasteiger partial charge in [-0.05, 0) is 68.1 Å². The Morgan fingerprint density at radius 1 is 1.11 bits per heavy atom. The molecule has 5 nitrogen and oxygen atoms in total. The molecule has 1 atom stereocenters. The molecule has 1 aliphatic rings. The van der Waals surface area contributed by atoms with Crippen molar-refractivity contribution in [3.05, 3.63) is 65.5 Å². The summed E-state index contributed by atoms with van der Waals surface area (Å²) in [4.78, 5) is 12.5. The Morgan fingerprint density at radius 3 is 2.43 bits per heavy atom. The van der Waals surface area contributed by atoms with Crippen LogP contribution in [0.1, 0.15) is 42.1 Å². The quantitative estimate of drug-likeness (QED) is 0.803. The van der Waals surface area contributed by atoms with Gasteiger partial charge in [0.25, 0.3) is 5.91 Å². The third-order valence-corrected chi connectivity index (χ3v) is 7.11. The predicted molar refractivity (Wildman–Crippen MR) is 106 cm³/mol. The number of nitrogens with one attached hydrogen (secondary N) is 1. The van der Waals surface area contributed by atoms with E-state index in [0.717, 1.165) is 24.8 Å². The number of nitrogens with zero attached hydrogens (tertiary/aromatic N) is 1. The standard InChI is InChI=1S/C21H25FN2O3S/c1-16-4-2-3-15-24(16)28(26,27)20-11-7-18(8-12-20)21(25)23-14-13-17-5-9-19(22)10-6-17/h5-12,16H,2-4,13-15H2,1H3,(H,23,25). The van der Waals surface area contributed by atoms with Gasteiger partial charge >= 0.3 is 0 Å². The van der Waals surface area contributed by atoms with E-state index < -0.39 is 10.0 Å². The van der Waals surface area contributed by atoms with Gasteiger partial charge in [-0.3, -0.25) is 4.79 Å². The van der Waals surface area contributed by atoms with Gasteiger partial charge in [-0.15, -0.1) is 0 Å². The maximum Gasteiger partial charge on any atom is 0.251 e. The zero-order valence-corrected chi connectivity index (χ0v) is 16.7. The fourth-order valence-corrected chi connectivity index (χ4v) is 5.12. The highest BCUT2D eigenvalue weighted by Crippen LogP contribution is 2.25. The Labute approximate surface area is 165 Å². The van der Waals surface area contributed by atoms with Crippen molar-refractivity contribution in [3.8, 4) is 0 Å². The zero-order valence-electron chi connectivity index (χ0n) is 15.9. The van der Waals surface area contributed by atoms with Crippen LogP contribution < -0.4 is 5.32 Å². The maximum absolute atomic E-state index is 12.9. The number of piperidine rings is 1. The Morgan fingerprint density at radius 2 is 1.79 bits per heavy atom. The number of hydrogen-bond acceptors (Lipinski definition) is 3. The van der Waals surface area contributed by atoms with Crippen LogP contribution in [0.15, 0.2) is 53.4 Å². The molecule has 1 unspecified atom stereocenters. The van der Waals surface area contributed by atoms with E-state index in [4.69, 9.17) is 0 Å². The number of carbonyl (C=O) groups is 1. The molecule has 1 aliphatic heterocycles. The van der Waals surface area contributed by atoms with Gasteiger partial charge in [0.1, 0.15) is 5.82 Å². The summed E-state index contributed by atoms with van der Waals surface area (Å²) in [6.07, 6.45) is 3.38. The topological polar surface area (TPSA) is 66.5 Å². The number of halogens is 1. The third kappa shape index (κ3) is 4.77. The highest BCUT2D eigenvalue weighted by molar-refractivity contribution is 7.89. The number of carbonyl (C=O) groups excluding carboxylic acids is 1. The Hall–Kier alpha value is -2.25. The molecule has 0 spiro atoms. The second-order valence-electron chi connectivity index (χ2n) is 7.12. The van der Waals surface area contributed by atoms with E-state index in [-0.39, 0.29) is 22.7 Å². The molecule has 1 amide bonds. The molecule has 2 aromatic carbocycles. The summed E-state index contributed by atoms with van der Waals surface area (Å²) in [6, 6.07) is 12.2. The molecule has 1 fully saturated rings. The minimum absolute atomic E-state index is 0.00631. The molecule has 1 N–H and O–H groups in total. The molecule has 3 rings (SSSR count). The summed E-state index contributed by atoms with van der Waals surface area (Å²) < 4.78 is 40.1. The average Bonchev–Trinajstić information content (AvgIpc) is 2.69. The molecular weight excluding hydrogens is 379 g/mol. The summed E-state index contributed by atoms with van der Waals surface area (Å²) in [5, 5.41) is 2.80. The lowest BCUT2D eigenvalue weighted by Gasteiger charge is -2.32. The van der Waals surface area contributed by atoms with Gasteiger partial charge < -0.3 is 5.32 Å². The monoisotopic (exact) mass is 404 g/mol. The van der Waals surface area contributed by atoms with E-state index in [0.29, 0.717) is 25.1 Å². The molecule has 2 aromatic rings. The normalized spacial score (nSPS) is 18.0. The molecule has 7 heteroatoms. The number of rotatable bonds is 6. The minimum atomic E-state index is -3.54. The molecule has 0 saturated carbocycles. The van der Waals surface area contributed by atoms with Crippen LogP contribution in [-0.4, -0.2) is 37.8 Å². The van der Waals surface area contributed by atoms with Gasteiger partial charge in [-0.1, -0.05) is 18.6 Å². The second kappa shape index (κ2) is 8.84. The second-order valence-corrected chi connectivity index (χ2v) is 9.01. The Balaban J connectivity index is 1.60. The molecule has 0 radical (unpaired) electrons. The fourth-order valence-electron chi connectivity index (χ4n) is 3.42. The first-order valence-electron chi connectivity index (χ1n) is 9.52. The van der Waals surface area contributed by atoms with Gasteiger partial charge in [-0.2, -0.15) is 4.31 Å². The summed E-state index contributed by atoms with van der Waals surface area (Å²) in [6.45, 7) is 2.88. The van der Waals surface area contributed by atoms with E-state index in [1.54, 1.807) is 16.4 Å². The van der Waals surface area contributed by atoms with E-state index in [1.807, 2.05) is 6.92 Å². The molecule has 0 aromatic heterocycles. The Kier molecular flexibility index (Phi) is 6.46. The van der Waals surface area contributed by atoms with Crippen molar-refractivity contribution in [2.75, 3.05) is 13.1 Å². The smallest absolute Gasteiger partial charge is 0.251 e. The van der Waals surface area contributed by atoms with E-state index >= 15 is 0 Å². The van der Waals surface area contributed by atoms with Crippen LogP contribution in [0.25, 0.3) is 0 Å². The highest BCUT2D eigenvalue weighted by Gasteiger charge is 2.30. The highest BCUT2D eigenvalue weighted by atomic mass is 32.2. The van der Waals surface area contributed by atoms with Crippen molar-refractivity contribution >= 4 is 15.9 Å². The fraction of sp³-hybridized carbons (Fsp3) is 0.381. The number of benzene rings is 2. The summed E-state index contributed by atoms with van der Waals surface area (Å²) in [5.41, 5.74) is 1.34. The molecule has 150 valence electrons. The Bertz CT molecular complexity index is 912. The maximum atomic E-state index is 12.9. The first-order chi connectivity index (χ1) is 13.4. The van der Waals surface area contributed by atoms with Crippen LogP contribution in [0.2, 0.25) is 0 Å². The molecule has 1 saturated heterocycles. The van der Waals surface area contributed by atoms with Crippen molar-refractivity contribution in [1.29, 1.82) is 0 Å². The molecule has 0 aliphatic carbocycles. The molecule has 1 heterocycles. The van der Waals surface area contributed by atoms with Crippen molar-refractivity contribution in [3.63, 3.8) is 0 Å². The molecule has 0 bridgehead atoms. The SMILES string of the molecule is CC1CCCCN1S(=O)(=O)c1ccc(C(=O)NCCc2ccc(F)cc2)cc1. The van der Waals surface area contributed by atoms with Crippen LogP contribution in [0.5, 0.6) is 0 Å². The largest absolute Gasteiger partial charge is 0.352 e. The average molecular weight is 405 g/mol. The molecular formula is C21H25FN2O3S. The zero-order chi connectivity index (χ0) is 20.1. The first-order valence-corrected chi connectivity index (χ1v) is 11.0. The lowest BCUT2D eigenvalue weighted by Crippen LogP contribution is -2.41. The van der Waals surface area contributed by atoms with Gasteiger partial charge in [0.05, 0.1) is 4.90 Å². The van der Waals surface area contributed by atoms with Crippen LogP contribution in [0.3, 0.4) is 0 Å². The third-order valence-electron chi connectivity index (χ3n) is 5.08. The van der Waals surface area contributed by atoms with Crippen LogP contribution in [-0.2, 0) is 16.4 Å². The first kappa shape index (κ1) is 20.5. The number of hydrogen-bond donors (Lipinski definition) is 1. The van der Waals surface area contributed by atoms with Crippen LogP contribution >= 0.6 is 0 Å². The minimum Gasteiger partial charge on any atom is -0.352 e.